The molecular weight excluding hydrogens is 384 g/mol. The van der Waals surface area contributed by atoms with Gasteiger partial charge in [-0.2, -0.15) is 0 Å². The van der Waals surface area contributed by atoms with Crippen molar-refractivity contribution in [3.05, 3.63) is 0 Å². The summed E-state index contributed by atoms with van der Waals surface area (Å²) in [6.07, 6.45) is 7.94. The molecule has 8 heteroatoms. The average Bonchev–Trinajstić information content (AvgIpc) is 3.39. The molecule has 170 valence electrons. The summed E-state index contributed by atoms with van der Waals surface area (Å²) in [5.74, 6) is 0.595. The van der Waals surface area contributed by atoms with Gasteiger partial charge in [-0.15, -0.1) is 0 Å². The van der Waals surface area contributed by atoms with Crippen molar-refractivity contribution >= 4 is 12.1 Å². The molecule has 3 amide bonds. The first-order valence-electron chi connectivity index (χ1n) is 11.7. The summed E-state index contributed by atoms with van der Waals surface area (Å²) in [5, 5.41) is 1.35. The minimum absolute atomic E-state index is 0.00393. The molecule has 3 saturated heterocycles. The van der Waals surface area contributed by atoms with E-state index in [0.29, 0.717) is 30.0 Å². The van der Waals surface area contributed by atoms with Gasteiger partial charge in [0.25, 0.3) is 0 Å². The molecule has 4 aliphatic rings. The van der Waals surface area contributed by atoms with Gasteiger partial charge in [0.1, 0.15) is 0 Å². The topological polar surface area (TPSA) is 65.6 Å². The van der Waals surface area contributed by atoms with E-state index in [2.05, 4.69) is 4.90 Å². The van der Waals surface area contributed by atoms with Gasteiger partial charge in [-0.1, -0.05) is 0 Å². The lowest BCUT2D eigenvalue weighted by atomic mass is 9.64. The normalized spacial score (nSPS) is 32.5. The zero-order valence-corrected chi connectivity index (χ0v) is 18.8. The molecule has 30 heavy (non-hydrogen) atoms. The Morgan fingerprint density at radius 2 is 1.83 bits per heavy atom. The summed E-state index contributed by atoms with van der Waals surface area (Å²) in [5.41, 5.74) is 0.327. The van der Waals surface area contributed by atoms with Crippen molar-refractivity contribution < 1.29 is 19.2 Å². The van der Waals surface area contributed by atoms with E-state index in [9.17, 15) is 9.59 Å². The smallest absolute Gasteiger partial charge is 0.409 e. The van der Waals surface area contributed by atoms with Crippen LogP contribution in [0.3, 0.4) is 0 Å². The molecule has 0 N–H and O–H groups in total. The van der Waals surface area contributed by atoms with Crippen LogP contribution >= 0.6 is 0 Å². The Morgan fingerprint density at radius 3 is 2.50 bits per heavy atom. The van der Waals surface area contributed by atoms with Crippen molar-refractivity contribution in [1.29, 1.82) is 0 Å². The van der Waals surface area contributed by atoms with Gasteiger partial charge >= 0.3 is 12.1 Å². The van der Waals surface area contributed by atoms with Gasteiger partial charge in [-0.3, -0.25) is 4.84 Å². The zero-order chi connectivity index (χ0) is 21.3. The van der Waals surface area contributed by atoms with Crippen LogP contribution in [0.4, 0.5) is 9.59 Å². The minimum Gasteiger partial charge on any atom is -0.450 e. The van der Waals surface area contributed by atoms with E-state index >= 15 is 0 Å². The third-order valence-electron chi connectivity index (χ3n) is 8.02. The maximum Gasteiger partial charge on any atom is 0.409 e. The highest BCUT2D eigenvalue weighted by molar-refractivity contribution is 5.73. The maximum absolute atomic E-state index is 12.6. The van der Waals surface area contributed by atoms with Crippen LogP contribution < -0.4 is 0 Å². The maximum atomic E-state index is 12.6. The fraction of sp³-hybridized carbons (Fsp3) is 0.909. The molecule has 0 bridgehead atoms. The summed E-state index contributed by atoms with van der Waals surface area (Å²) in [4.78, 5) is 36.3. The lowest BCUT2D eigenvalue weighted by Gasteiger charge is -2.52. The summed E-state index contributed by atoms with van der Waals surface area (Å²) >= 11 is 0. The Labute approximate surface area is 180 Å². The highest BCUT2D eigenvalue weighted by Gasteiger charge is 2.51. The monoisotopic (exact) mass is 422 g/mol. The van der Waals surface area contributed by atoms with Gasteiger partial charge in [-0.05, 0) is 76.3 Å². The molecule has 8 nitrogen and oxygen atoms in total. The van der Waals surface area contributed by atoms with Gasteiger partial charge < -0.3 is 19.4 Å². The molecule has 1 aliphatic carbocycles. The minimum atomic E-state index is -0.145. The number of hydroxylamine groups is 2. The zero-order valence-electron chi connectivity index (χ0n) is 18.8. The van der Waals surface area contributed by atoms with E-state index < -0.39 is 0 Å². The van der Waals surface area contributed by atoms with Crippen LogP contribution in [-0.2, 0) is 9.57 Å². The number of rotatable bonds is 4. The fourth-order valence-corrected chi connectivity index (χ4v) is 6.29. The van der Waals surface area contributed by atoms with E-state index in [1.807, 2.05) is 16.7 Å². The molecule has 0 aromatic heterocycles. The number of hydrogen-bond acceptors (Lipinski definition) is 5. The quantitative estimate of drug-likeness (QED) is 0.652. The third kappa shape index (κ3) is 4.13. The first-order chi connectivity index (χ1) is 14.5. The number of nitrogens with zero attached hydrogens (tertiary/aromatic N) is 4. The first-order valence-corrected chi connectivity index (χ1v) is 11.7. The van der Waals surface area contributed by atoms with Gasteiger partial charge in [-0.25, -0.2) is 14.7 Å². The van der Waals surface area contributed by atoms with Crippen molar-refractivity contribution in [2.75, 3.05) is 53.5 Å². The average molecular weight is 423 g/mol. The molecule has 4 rings (SSSR count). The van der Waals surface area contributed by atoms with Crippen LogP contribution in [0.1, 0.15) is 51.9 Å². The molecule has 4 fully saturated rings. The van der Waals surface area contributed by atoms with E-state index in [0.717, 1.165) is 52.0 Å². The number of carbonyl (C=O) groups is 2. The fourth-order valence-electron chi connectivity index (χ4n) is 6.29. The molecule has 3 aliphatic heterocycles. The van der Waals surface area contributed by atoms with Gasteiger partial charge in [0.15, 0.2) is 0 Å². The molecule has 0 aromatic rings. The van der Waals surface area contributed by atoms with Crippen LogP contribution in [0.5, 0.6) is 0 Å². The molecule has 1 atom stereocenters. The van der Waals surface area contributed by atoms with Crippen LogP contribution in [0.2, 0.25) is 0 Å². The lowest BCUT2D eigenvalue weighted by molar-refractivity contribution is -0.0795. The Hall–Kier alpha value is -1.54. The van der Waals surface area contributed by atoms with Crippen molar-refractivity contribution in [2.24, 2.45) is 11.3 Å². The number of carbonyl (C=O) groups excluding carboxylic acids is 2. The molecule has 3 heterocycles. The number of likely N-dealkylation sites (tertiary alicyclic amines) is 3. The van der Waals surface area contributed by atoms with E-state index in [1.54, 1.807) is 14.2 Å². The summed E-state index contributed by atoms with van der Waals surface area (Å²) in [6, 6.07) is 1.02. The Morgan fingerprint density at radius 1 is 1.10 bits per heavy atom. The number of amides is 3. The van der Waals surface area contributed by atoms with Crippen LogP contribution in [0, 0.1) is 11.3 Å². The highest BCUT2D eigenvalue weighted by Crippen LogP contribution is 2.51. The summed E-state index contributed by atoms with van der Waals surface area (Å²) in [7, 11) is 3.24. The number of urea groups is 1. The van der Waals surface area contributed by atoms with E-state index in [4.69, 9.17) is 9.57 Å². The van der Waals surface area contributed by atoms with Crippen molar-refractivity contribution in [3.8, 4) is 0 Å². The van der Waals surface area contributed by atoms with Crippen molar-refractivity contribution in [2.45, 2.75) is 64.0 Å². The summed E-state index contributed by atoms with van der Waals surface area (Å²) in [6.45, 7) is 7.13. The Balaban J connectivity index is 1.23. The van der Waals surface area contributed by atoms with Gasteiger partial charge in [0.05, 0.1) is 13.7 Å². The van der Waals surface area contributed by atoms with Gasteiger partial charge in [0, 0.05) is 38.8 Å². The molecule has 0 aromatic carbocycles. The largest absolute Gasteiger partial charge is 0.450 e. The number of hydrogen-bond donors (Lipinski definition) is 0. The molecular formula is C22H38N4O4. The second kappa shape index (κ2) is 8.91. The highest BCUT2D eigenvalue weighted by atomic mass is 16.7. The predicted octanol–water partition coefficient (Wildman–Crippen LogP) is 2.79. The first kappa shape index (κ1) is 21.7. The lowest BCUT2D eigenvalue weighted by Crippen LogP contribution is -2.55. The number of piperidine rings is 1. The van der Waals surface area contributed by atoms with Crippen molar-refractivity contribution in [3.63, 3.8) is 0 Å². The van der Waals surface area contributed by atoms with Crippen LogP contribution in [0.25, 0.3) is 0 Å². The molecule has 0 radical (unpaired) electrons. The van der Waals surface area contributed by atoms with Gasteiger partial charge in [0.2, 0.25) is 0 Å². The third-order valence-corrected chi connectivity index (χ3v) is 8.02. The molecule has 0 unspecified atom stereocenters. The van der Waals surface area contributed by atoms with Crippen LogP contribution in [-0.4, -0.2) is 97.5 Å². The second-order valence-electron chi connectivity index (χ2n) is 9.67. The van der Waals surface area contributed by atoms with E-state index in [1.165, 1.54) is 30.7 Å². The summed E-state index contributed by atoms with van der Waals surface area (Å²) < 4.78 is 5.18. The molecule has 1 spiro atoms. The number of ether oxygens (including phenoxy) is 1. The molecule has 1 saturated carbocycles. The predicted molar refractivity (Wildman–Crippen MR) is 113 cm³/mol. The SMILES string of the molecule is CCOC(=O)N1CCC2(CC(N3CCC([C@@H]4CCCN4C(=O)N(C)OC)CC3)C2)C1. The van der Waals surface area contributed by atoms with E-state index in [-0.39, 0.29) is 12.1 Å². The van der Waals surface area contributed by atoms with Crippen LogP contribution in [0.15, 0.2) is 0 Å². The van der Waals surface area contributed by atoms with Crippen molar-refractivity contribution in [1.82, 2.24) is 19.8 Å². The Bertz CT molecular complexity index is 631. The Kier molecular flexibility index (Phi) is 6.44. The second-order valence-corrected chi connectivity index (χ2v) is 9.67. The standard InChI is InChI=1S/C22H38N4O4/c1-4-30-21(28)25-13-9-22(16-25)14-18(15-22)24-11-7-17(8-12-24)19-6-5-10-26(19)20(27)23(2)29-3/h17-19H,4-16H2,1-3H3/t18?,19-,22?/m0/s1.